The number of hydrogen-bond donors (Lipinski definition) is 0. The van der Waals surface area contributed by atoms with E-state index in [4.69, 9.17) is 14.7 Å². The molecule has 3 heterocycles. The molecule has 0 bridgehead atoms. The van der Waals surface area contributed by atoms with Crippen LogP contribution in [0.1, 0.15) is 49.1 Å². The number of aromatic nitrogens is 2. The molecule has 1 unspecified atom stereocenters. The first-order valence-corrected chi connectivity index (χ1v) is 12.5. The molecule has 5 rings (SSSR count). The van der Waals surface area contributed by atoms with Gasteiger partial charge in [-0.2, -0.15) is 5.26 Å². The van der Waals surface area contributed by atoms with Crippen molar-refractivity contribution in [3.8, 4) is 17.2 Å². The average molecular weight is 482 g/mol. The molecule has 7 heteroatoms. The minimum absolute atomic E-state index is 0.0312. The summed E-state index contributed by atoms with van der Waals surface area (Å²) in [6, 6.07) is 14.6. The van der Waals surface area contributed by atoms with Gasteiger partial charge in [0.2, 0.25) is 5.91 Å². The van der Waals surface area contributed by atoms with Crippen molar-refractivity contribution in [1.82, 2.24) is 14.9 Å². The molecule has 1 aromatic carbocycles. The molecule has 3 aromatic rings. The SMILES string of the molecule is C=Cc1ccc2c(-c3cc(C#N)c(N4CCN(C(=O)CCOC)C(C)C4)nc3C3CC3)cccc2n1. The Hall–Kier alpha value is -3.76. The molecule has 1 aliphatic heterocycles. The molecule has 1 atom stereocenters. The van der Waals surface area contributed by atoms with Crippen molar-refractivity contribution >= 4 is 28.7 Å². The van der Waals surface area contributed by atoms with E-state index in [-0.39, 0.29) is 11.9 Å². The number of piperazine rings is 1. The summed E-state index contributed by atoms with van der Waals surface area (Å²) in [6.07, 6.45) is 4.34. The monoisotopic (exact) mass is 481 g/mol. The Morgan fingerprint density at radius 2 is 2.06 bits per heavy atom. The highest BCUT2D eigenvalue weighted by molar-refractivity contribution is 5.96. The Balaban J connectivity index is 1.51. The number of carbonyl (C=O) groups is 1. The number of anilines is 1. The van der Waals surface area contributed by atoms with Crippen molar-refractivity contribution in [2.24, 2.45) is 0 Å². The molecule has 7 nitrogen and oxygen atoms in total. The number of benzene rings is 1. The summed E-state index contributed by atoms with van der Waals surface area (Å²) in [5.74, 6) is 1.23. The van der Waals surface area contributed by atoms with Crippen LogP contribution in [-0.2, 0) is 9.53 Å². The lowest BCUT2D eigenvalue weighted by molar-refractivity contribution is -0.134. The van der Waals surface area contributed by atoms with E-state index in [1.165, 1.54) is 0 Å². The third-order valence-corrected chi connectivity index (χ3v) is 7.14. The Morgan fingerprint density at radius 3 is 2.75 bits per heavy atom. The van der Waals surface area contributed by atoms with Crippen molar-refractivity contribution in [3.63, 3.8) is 0 Å². The van der Waals surface area contributed by atoms with Gasteiger partial charge in [0, 0.05) is 49.7 Å². The lowest BCUT2D eigenvalue weighted by atomic mass is 9.95. The van der Waals surface area contributed by atoms with Gasteiger partial charge in [0.05, 0.1) is 35.5 Å². The van der Waals surface area contributed by atoms with Crippen LogP contribution in [0.15, 0.2) is 43.0 Å². The number of methoxy groups -OCH3 is 1. The maximum Gasteiger partial charge on any atom is 0.225 e. The van der Waals surface area contributed by atoms with E-state index < -0.39 is 0 Å². The first-order valence-electron chi connectivity index (χ1n) is 12.5. The van der Waals surface area contributed by atoms with E-state index in [0.29, 0.717) is 44.1 Å². The topological polar surface area (TPSA) is 82.4 Å². The number of fused-ring (bicyclic) bond motifs is 1. The number of ether oxygens (including phenoxy) is 1. The lowest BCUT2D eigenvalue weighted by Gasteiger charge is -2.41. The maximum absolute atomic E-state index is 12.6. The predicted molar refractivity (Wildman–Crippen MR) is 142 cm³/mol. The molecule has 1 saturated carbocycles. The lowest BCUT2D eigenvalue weighted by Crippen LogP contribution is -2.54. The van der Waals surface area contributed by atoms with Crippen LogP contribution in [0, 0.1) is 11.3 Å². The summed E-state index contributed by atoms with van der Waals surface area (Å²) in [7, 11) is 1.61. The summed E-state index contributed by atoms with van der Waals surface area (Å²) in [5, 5.41) is 11.2. The molecular formula is C29H31N5O2. The average Bonchev–Trinajstić information content (AvgIpc) is 3.75. The van der Waals surface area contributed by atoms with E-state index in [9.17, 15) is 10.1 Å². The molecule has 2 fully saturated rings. The van der Waals surface area contributed by atoms with E-state index in [0.717, 1.165) is 52.1 Å². The molecule has 1 amide bonds. The number of carbonyl (C=O) groups excluding carboxylic acids is 1. The fourth-order valence-corrected chi connectivity index (χ4v) is 5.10. The van der Waals surface area contributed by atoms with Gasteiger partial charge in [-0.3, -0.25) is 4.79 Å². The standard InChI is InChI=1S/C29H31N5O2/c1-4-22-10-11-24-23(6-5-7-26(24)31-22)25-16-21(17-30)29(32-28(25)20-8-9-20)33-13-14-34(19(2)18-33)27(35)12-15-36-3/h4-7,10-11,16,19-20H,1,8-9,12-15,18H2,2-3H3. The summed E-state index contributed by atoms with van der Waals surface area (Å²) < 4.78 is 5.07. The van der Waals surface area contributed by atoms with Crippen LogP contribution in [0.25, 0.3) is 28.1 Å². The van der Waals surface area contributed by atoms with Crippen molar-refractivity contribution in [2.75, 3.05) is 38.3 Å². The van der Waals surface area contributed by atoms with E-state index >= 15 is 0 Å². The van der Waals surface area contributed by atoms with Gasteiger partial charge < -0.3 is 14.5 Å². The van der Waals surface area contributed by atoms with Gasteiger partial charge in [0.15, 0.2) is 0 Å². The van der Waals surface area contributed by atoms with Gasteiger partial charge in [-0.1, -0.05) is 24.8 Å². The Labute approximate surface area is 212 Å². The van der Waals surface area contributed by atoms with Gasteiger partial charge in [-0.15, -0.1) is 0 Å². The van der Waals surface area contributed by atoms with Crippen molar-refractivity contribution in [2.45, 2.75) is 38.1 Å². The van der Waals surface area contributed by atoms with Crippen LogP contribution in [-0.4, -0.2) is 60.2 Å². The molecule has 36 heavy (non-hydrogen) atoms. The highest BCUT2D eigenvalue weighted by Crippen LogP contribution is 2.46. The van der Waals surface area contributed by atoms with E-state index in [2.05, 4.69) is 36.6 Å². The minimum atomic E-state index is 0.0312. The van der Waals surface area contributed by atoms with Crippen molar-refractivity contribution in [3.05, 3.63) is 59.9 Å². The van der Waals surface area contributed by atoms with Gasteiger partial charge in [-0.05, 0) is 49.6 Å². The number of pyridine rings is 2. The zero-order chi connectivity index (χ0) is 25.2. The minimum Gasteiger partial charge on any atom is -0.384 e. The van der Waals surface area contributed by atoms with Crippen LogP contribution in [0.4, 0.5) is 5.82 Å². The molecule has 1 aliphatic carbocycles. The number of nitriles is 1. The fourth-order valence-electron chi connectivity index (χ4n) is 5.10. The second kappa shape index (κ2) is 10.1. The van der Waals surface area contributed by atoms with E-state index in [1.54, 1.807) is 13.2 Å². The second-order valence-electron chi connectivity index (χ2n) is 9.62. The quantitative estimate of drug-likeness (QED) is 0.484. The highest BCUT2D eigenvalue weighted by atomic mass is 16.5. The summed E-state index contributed by atoms with van der Waals surface area (Å²) >= 11 is 0. The predicted octanol–water partition coefficient (Wildman–Crippen LogP) is 4.76. The molecule has 0 radical (unpaired) electrons. The van der Waals surface area contributed by atoms with Crippen molar-refractivity contribution in [1.29, 1.82) is 5.26 Å². The Bertz CT molecular complexity index is 1360. The zero-order valence-electron chi connectivity index (χ0n) is 20.9. The number of amides is 1. The van der Waals surface area contributed by atoms with Gasteiger partial charge in [-0.25, -0.2) is 9.97 Å². The Kier molecular flexibility index (Phi) is 6.71. The van der Waals surface area contributed by atoms with Crippen LogP contribution in [0.5, 0.6) is 0 Å². The Morgan fingerprint density at radius 1 is 1.22 bits per heavy atom. The normalized spacial score (nSPS) is 17.8. The highest BCUT2D eigenvalue weighted by Gasteiger charge is 2.33. The van der Waals surface area contributed by atoms with Gasteiger partial charge in [0.25, 0.3) is 0 Å². The largest absolute Gasteiger partial charge is 0.384 e. The second-order valence-corrected chi connectivity index (χ2v) is 9.62. The van der Waals surface area contributed by atoms with Gasteiger partial charge in [0.1, 0.15) is 11.9 Å². The first kappa shape index (κ1) is 24.0. The van der Waals surface area contributed by atoms with Crippen LogP contribution in [0.3, 0.4) is 0 Å². The van der Waals surface area contributed by atoms with Crippen molar-refractivity contribution < 1.29 is 9.53 Å². The zero-order valence-corrected chi connectivity index (χ0v) is 20.9. The molecule has 0 spiro atoms. The maximum atomic E-state index is 12.6. The fraction of sp³-hybridized carbons (Fsp3) is 0.379. The van der Waals surface area contributed by atoms with Gasteiger partial charge >= 0.3 is 0 Å². The van der Waals surface area contributed by atoms with Crippen LogP contribution in [0.2, 0.25) is 0 Å². The molecule has 0 N–H and O–H groups in total. The number of nitrogens with zero attached hydrogens (tertiary/aromatic N) is 5. The molecular weight excluding hydrogens is 450 g/mol. The third-order valence-electron chi connectivity index (χ3n) is 7.14. The van der Waals surface area contributed by atoms with Crippen LogP contribution < -0.4 is 4.90 Å². The third kappa shape index (κ3) is 4.57. The first-order chi connectivity index (χ1) is 17.5. The molecule has 2 aliphatic rings. The molecule has 1 saturated heterocycles. The van der Waals surface area contributed by atoms with E-state index in [1.807, 2.05) is 29.2 Å². The molecule has 184 valence electrons. The number of rotatable bonds is 7. The summed E-state index contributed by atoms with van der Waals surface area (Å²) in [4.78, 5) is 26.5. The number of hydrogen-bond acceptors (Lipinski definition) is 6. The molecule has 2 aromatic heterocycles. The summed E-state index contributed by atoms with van der Waals surface area (Å²) in [5.41, 5.74) is 5.41. The smallest absolute Gasteiger partial charge is 0.225 e. The van der Waals surface area contributed by atoms with Crippen LogP contribution >= 0.6 is 0 Å². The summed E-state index contributed by atoms with van der Waals surface area (Å²) in [6.45, 7) is 8.22.